The lowest BCUT2D eigenvalue weighted by atomic mass is 10.1. The lowest BCUT2D eigenvalue weighted by Gasteiger charge is -2.13. The Kier molecular flexibility index (Phi) is 4.29. The van der Waals surface area contributed by atoms with E-state index in [1.54, 1.807) is 26.0 Å². The van der Waals surface area contributed by atoms with Crippen LogP contribution in [-0.4, -0.2) is 25.1 Å². The Labute approximate surface area is 123 Å². The predicted molar refractivity (Wildman–Crippen MR) is 78.3 cm³/mol. The molecule has 0 aliphatic carbocycles. The third-order valence-electron chi connectivity index (χ3n) is 3.19. The standard InChI is InChI=1S/C13H18N4O3S/c1-8-4-5-11(14)13(9(8)2)21(18,19)15-7-6-12-16-10(3)20-17-12/h4-5,15H,6-7,14H2,1-3H3. The number of rotatable bonds is 5. The van der Waals surface area contributed by atoms with Crippen LogP contribution < -0.4 is 10.5 Å². The Morgan fingerprint density at radius 3 is 2.62 bits per heavy atom. The summed E-state index contributed by atoms with van der Waals surface area (Å²) >= 11 is 0. The zero-order valence-electron chi connectivity index (χ0n) is 12.2. The van der Waals surface area contributed by atoms with E-state index in [2.05, 4.69) is 14.9 Å². The Morgan fingerprint density at radius 1 is 1.29 bits per heavy atom. The monoisotopic (exact) mass is 310 g/mol. The summed E-state index contributed by atoms with van der Waals surface area (Å²) in [5.74, 6) is 0.913. The van der Waals surface area contributed by atoms with Crippen molar-refractivity contribution < 1.29 is 12.9 Å². The third-order valence-corrected chi connectivity index (χ3v) is 4.85. The number of nitrogens with zero attached hydrogens (tertiary/aromatic N) is 2. The minimum Gasteiger partial charge on any atom is -0.398 e. The molecule has 114 valence electrons. The van der Waals surface area contributed by atoms with Crippen LogP contribution in [0.1, 0.15) is 22.8 Å². The van der Waals surface area contributed by atoms with E-state index in [4.69, 9.17) is 10.3 Å². The van der Waals surface area contributed by atoms with Crippen LogP contribution in [0.2, 0.25) is 0 Å². The normalized spacial score (nSPS) is 11.8. The molecule has 2 aromatic rings. The van der Waals surface area contributed by atoms with E-state index in [9.17, 15) is 8.42 Å². The lowest BCUT2D eigenvalue weighted by Crippen LogP contribution is -2.27. The van der Waals surface area contributed by atoms with Gasteiger partial charge in [0.2, 0.25) is 15.9 Å². The van der Waals surface area contributed by atoms with E-state index >= 15 is 0 Å². The number of nitrogens with one attached hydrogen (secondary N) is 1. The molecule has 0 saturated heterocycles. The van der Waals surface area contributed by atoms with Crippen LogP contribution in [0.5, 0.6) is 0 Å². The molecular formula is C13H18N4O3S. The number of aromatic nitrogens is 2. The maximum absolute atomic E-state index is 12.4. The highest BCUT2D eigenvalue weighted by atomic mass is 32.2. The molecular weight excluding hydrogens is 292 g/mol. The first-order valence-corrected chi connectivity index (χ1v) is 7.94. The molecule has 21 heavy (non-hydrogen) atoms. The molecule has 1 heterocycles. The quantitative estimate of drug-likeness (QED) is 0.800. The smallest absolute Gasteiger partial charge is 0.242 e. The SMILES string of the molecule is Cc1nc(CCNS(=O)(=O)c2c(N)ccc(C)c2C)no1. The average molecular weight is 310 g/mol. The summed E-state index contributed by atoms with van der Waals surface area (Å²) in [5.41, 5.74) is 7.57. The summed E-state index contributed by atoms with van der Waals surface area (Å²) < 4.78 is 32.1. The Balaban J connectivity index is 2.14. The summed E-state index contributed by atoms with van der Waals surface area (Å²) in [7, 11) is -3.67. The number of sulfonamides is 1. The first-order chi connectivity index (χ1) is 9.81. The highest BCUT2D eigenvalue weighted by Crippen LogP contribution is 2.24. The van der Waals surface area contributed by atoms with E-state index < -0.39 is 10.0 Å². The van der Waals surface area contributed by atoms with Crippen LogP contribution in [-0.2, 0) is 16.4 Å². The van der Waals surface area contributed by atoms with Gasteiger partial charge in [-0.1, -0.05) is 11.2 Å². The van der Waals surface area contributed by atoms with Gasteiger partial charge in [-0.05, 0) is 31.0 Å². The first-order valence-electron chi connectivity index (χ1n) is 6.46. The molecule has 3 N–H and O–H groups in total. The molecule has 0 atom stereocenters. The summed E-state index contributed by atoms with van der Waals surface area (Å²) in [6.45, 7) is 5.43. The van der Waals surface area contributed by atoms with Crippen LogP contribution in [0, 0.1) is 20.8 Å². The number of benzene rings is 1. The van der Waals surface area contributed by atoms with Gasteiger partial charge in [0.15, 0.2) is 5.82 Å². The molecule has 1 aromatic carbocycles. The number of aryl methyl sites for hydroxylation is 2. The second-order valence-corrected chi connectivity index (χ2v) is 6.51. The molecule has 0 radical (unpaired) electrons. The van der Waals surface area contributed by atoms with Crippen molar-refractivity contribution in [2.75, 3.05) is 12.3 Å². The predicted octanol–water partition coefficient (Wildman–Crippen LogP) is 1.10. The van der Waals surface area contributed by atoms with Gasteiger partial charge in [0.1, 0.15) is 4.90 Å². The molecule has 0 bridgehead atoms. The molecule has 0 fully saturated rings. The Bertz CT molecular complexity index is 753. The van der Waals surface area contributed by atoms with Crippen molar-refractivity contribution in [3.05, 3.63) is 35.0 Å². The van der Waals surface area contributed by atoms with Gasteiger partial charge in [-0.2, -0.15) is 4.98 Å². The van der Waals surface area contributed by atoms with Crippen molar-refractivity contribution in [1.29, 1.82) is 0 Å². The maximum atomic E-state index is 12.4. The molecule has 2 rings (SSSR count). The average Bonchev–Trinajstić information content (AvgIpc) is 2.80. The zero-order valence-corrected chi connectivity index (χ0v) is 13.0. The van der Waals surface area contributed by atoms with Crippen LogP contribution in [0.15, 0.2) is 21.6 Å². The van der Waals surface area contributed by atoms with Gasteiger partial charge in [0.25, 0.3) is 0 Å². The largest absolute Gasteiger partial charge is 0.398 e. The number of nitrogens with two attached hydrogens (primary N) is 1. The van der Waals surface area contributed by atoms with Crippen molar-refractivity contribution in [2.24, 2.45) is 0 Å². The number of nitrogen functional groups attached to an aromatic ring is 1. The number of hydrogen-bond acceptors (Lipinski definition) is 6. The van der Waals surface area contributed by atoms with Crippen molar-refractivity contribution in [1.82, 2.24) is 14.9 Å². The summed E-state index contributed by atoms with van der Waals surface area (Å²) in [6, 6.07) is 3.39. The fourth-order valence-electron chi connectivity index (χ4n) is 1.98. The summed E-state index contributed by atoms with van der Waals surface area (Å²) in [5, 5.41) is 3.71. The van der Waals surface area contributed by atoms with Gasteiger partial charge in [-0.3, -0.25) is 0 Å². The molecule has 0 aliphatic heterocycles. The highest BCUT2D eigenvalue weighted by molar-refractivity contribution is 7.89. The maximum Gasteiger partial charge on any atom is 0.242 e. The van der Waals surface area contributed by atoms with E-state index in [1.807, 2.05) is 6.92 Å². The molecule has 0 aliphatic rings. The zero-order chi connectivity index (χ0) is 15.6. The molecule has 0 unspecified atom stereocenters. The minimum atomic E-state index is -3.67. The second kappa shape index (κ2) is 5.82. The van der Waals surface area contributed by atoms with Crippen LogP contribution in [0.25, 0.3) is 0 Å². The fourth-order valence-corrected chi connectivity index (χ4v) is 3.44. The number of anilines is 1. The lowest BCUT2D eigenvalue weighted by molar-refractivity contribution is 0.387. The molecule has 0 amide bonds. The van der Waals surface area contributed by atoms with E-state index in [0.717, 1.165) is 5.56 Å². The first kappa shape index (κ1) is 15.5. The third kappa shape index (κ3) is 3.40. The van der Waals surface area contributed by atoms with Gasteiger partial charge >= 0.3 is 0 Å². The van der Waals surface area contributed by atoms with Crippen molar-refractivity contribution in [2.45, 2.75) is 32.1 Å². The molecule has 0 spiro atoms. The van der Waals surface area contributed by atoms with E-state index in [0.29, 0.717) is 23.7 Å². The highest BCUT2D eigenvalue weighted by Gasteiger charge is 2.21. The van der Waals surface area contributed by atoms with E-state index in [1.165, 1.54) is 0 Å². The Hall–Kier alpha value is -1.93. The van der Waals surface area contributed by atoms with Crippen molar-refractivity contribution in [3.63, 3.8) is 0 Å². The van der Waals surface area contributed by atoms with Crippen molar-refractivity contribution >= 4 is 15.7 Å². The summed E-state index contributed by atoms with van der Waals surface area (Å²) in [6.07, 6.45) is 0.349. The van der Waals surface area contributed by atoms with Gasteiger partial charge in [-0.25, -0.2) is 13.1 Å². The van der Waals surface area contributed by atoms with Crippen LogP contribution in [0.3, 0.4) is 0 Å². The minimum absolute atomic E-state index is 0.131. The summed E-state index contributed by atoms with van der Waals surface area (Å²) in [4.78, 5) is 4.15. The van der Waals surface area contributed by atoms with Gasteiger partial charge in [-0.15, -0.1) is 0 Å². The van der Waals surface area contributed by atoms with Gasteiger partial charge in [0.05, 0.1) is 5.69 Å². The van der Waals surface area contributed by atoms with Gasteiger partial charge in [0, 0.05) is 19.9 Å². The molecule has 8 heteroatoms. The molecule has 1 aromatic heterocycles. The molecule has 0 saturated carbocycles. The second-order valence-electron chi connectivity index (χ2n) is 4.80. The van der Waals surface area contributed by atoms with Crippen LogP contribution >= 0.6 is 0 Å². The van der Waals surface area contributed by atoms with Crippen LogP contribution in [0.4, 0.5) is 5.69 Å². The fraction of sp³-hybridized carbons (Fsp3) is 0.385. The van der Waals surface area contributed by atoms with Gasteiger partial charge < -0.3 is 10.3 Å². The topological polar surface area (TPSA) is 111 Å². The van der Waals surface area contributed by atoms with Crippen molar-refractivity contribution in [3.8, 4) is 0 Å². The van der Waals surface area contributed by atoms with E-state index in [-0.39, 0.29) is 17.1 Å². The molecule has 7 nitrogen and oxygen atoms in total. The number of hydrogen-bond donors (Lipinski definition) is 2. The Morgan fingerprint density at radius 2 is 2.00 bits per heavy atom.